The third kappa shape index (κ3) is 3.32. The summed E-state index contributed by atoms with van der Waals surface area (Å²) in [6.07, 6.45) is 11.1. The van der Waals surface area contributed by atoms with E-state index in [9.17, 15) is 0 Å². The number of rotatable bonds is 0. The molecule has 0 saturated heterocycles. The van der Waals surface area contributed by atoms with Gasteiger partial charge in [-0.25, -0.2) is 0 Å². The lowest BCUT2D eigenvalue weighted by molar-refractivity contribution is 1.29. The van der Waals surface area contributed by atoms with Crippen molar-refractivity contribution in [2.75, 3.05) is 0 Å². The molecule has 0 radical (unpaired) electrons. The Bertz CT molecular complexity index is 1080. The number of halogens is 1. The van der Waals surface area contributed by atoms with Crippen molar-refractivity contribution in [3.8, 4) is 0 Å². The Kier molecular flexibility index (Phi) is 5.13. The van der Waals surface area contributed by atoms with E-state index in [1.54, 1.807) is 0 Å². The average molecular weight is 460 g/mol. The first-order valence-electron chi connectivity index (χ1n) is 9.24. The lowest BCUT2D eigenvalue weighted by Gasteiger charge is -2.11. The summed E-state index contributed by atoms with van der Waals surface area (Å²) in [5.74, 6) is 0. The molecule has 0 spiro atoms. The van der Waals surface area contributed by atoms with Gasteiger partial charge in [0.2, 0.25) is 0 Å². The summed E-state index contributed by atoms with van der Waals surface area (Å²) in [6, 6.07) is 26.1. The highest BCUT2D eigenvalue weighted by molar-refractivity contribution is 14.0. The Morgan fingerprint density at radius 3 is 1.33 bits per heavy atom. The maximum absolute atomic E-state index is 2.23. The van der Waals surface area contributed by atoms with Crippen LogP contribution in [0.5, 0.6) is 0 Å². The largest absolute Gasteiger partial charge is 0.107 e. The zero-order chi connectivity index (χ0) is 17.3. The monoisotopic (exact) mass is 460 g/mol. The summed E-state index contributed by atoms with van der Waals surface area (Å²) in [4.78, 5) is 0. The van der Waals surface area contributed by atoms with Gasteiger partial charge < -0.3 is 0 Å². The maximum atomic E-state index is 2.23. The molecule has 2 aliphatic carbocycles. The van der Waals surface area contributed by atoms with Gasteiger partial charge in [0.1, 0.15) is 0 Å². The second-order valence-corrected chi connectivity index (χ2v) is 6.94. The summed E-state index contributed by atoms with van der Waals surface area (Å²) in [5, 5.41) is 5.60. The molecule has 0 N–H and O–H groups in total. The van der Waals surface area contributed by atoms with E-state index in [0.717, 1.165) is 12.8 Å². The van der Waals surface area contributed by atoms with Crippen LogP contribution in [0, 0.1) is 0 Å². The van der Waals surface area contributed by atoms with Gasteiger partial charge in [0.15, 0.2) is 0 Å². The van der Waals surface area contributed by atoms with Crippen LogP contribution in [0.1, 0.15) is 22.3 Å². The van der Waals surface area contributed by atoms with Crippen molar-refractivity contribution in [1.82, 2.24) is 0 Å². The standard InChI is InChI=1S/2C13H10.HI/c2*1-4-10-6-2-8-12-9-3-7-11(5-1)13(10)12;/h2*1-8H,9H2;1H. The molecule has 0 amide bonds. The molecular formula is C26H21I. The molecule has 2 aliphatic rings. The molecule has 0 saturated carbocycles. The van der Waals surface area contributed by atoms with Crippen LogP contribution in [0.15, 0.2) is 84.9 Å². The molecule has 1 heteroatoms. The minimum absolute atomic E-state index is 0. The number of benzene rings is 4. The summed E-state index contributed by atoms with van der Waals surface area (Å²) < 4.78 is 0. The summed E-state index contributed by atoms with van der Waals surface area (Å²) in [6.45, 7) is 0. The van der Waals surface area contributed by atoms with Crippen molar-refractivity contribution in [3.05, 3.63) is 107 Å². The van der Waals surface area contributed by atoms with Crippen molar-refractivity contribution in [2.24, 2.45) is 0 Å². The highest BCUT2D eigenvalue weighted by atomic mass is 127. The van der Waals surface area contributed by atoms with Crippen molar-refractivity contribution >= 4 is 57.7 Å². The van der Waals surface area contributed by atoms with Crippen LogP contribution in [0.25, 0.3) is 33.7 Å². The molecule has 0 bridgehead atoms. The maximum Gasteiger partial charge on any atom is -0.00763 e. The molecule has 0 atom stereocenters. The zero-order valence-corrected chi connectivity index (χ0v) is 17.4. The molecule has 4 aromatic rings. The Morgan fingerprint density at radius 2 is 0.889 bits per heavy atom. The fraction of sp³-hybridized carbons (Fsp3) is 0.0769. The summed E-state index contributed by atoms with van der Waals surface area (Å²) in [7, 11) is 0. The predicted molar refractivity (Wildman–Crippen MR) is 129 cm³/mol. The van der Waals surface area contributed by atoms with Gasteiger partial charge in [-0.1, -0.05) is 97.1 Å². The topological polar surface area (TPSA) is 0 Å². The van der Waals surface area contributed by atoms with Crippen LogP contribution in [-0.4, -0.2) is 0 Å². The van der Waals surface area contributed by atoms with Gasteiger partial charge in [0.25, 0.3) is 0 Å². The smallest absolute Gasteiger partial charge is 0.00763 e. The van der Waals surface area contributed by atoms with E-state index in [1.807, 2.05) is 0 Å². The van der Waals surface area contributed by atoms with E-state index in [1.165, 1.54) is 43.8 Å². The van der Waals surface area contributed by atoms with Crippen LogP contribution < -0.4 is 0 Å². The number of allylic oxidation sites excluding steroid dienone is 2. The normalized spacial score (nSPS) is 13.0. The number of hydrogen-bond donors (Lipinski definition) is 0. The second kappa shape index (κ2) is 7.69. The molecule has 132 valence electrons. The fourth-order valence-electron chi connectivity index (χ4n) is 4.14. The van der Waals surface area contributed by atoms with Gasteiger partial charge in [-0.3, -0.25) is 0 Å². The first-order chi connectivity index (χ1) is 12.9. The fourth-order valence-corrected chi connectivity index (χ4v) is 4.14. The van der Waals surface area contributed by atoms with Gasteiger partial charge in [-0.2, -0.15) is 0 Å². The first-order valence-corrected chi connectivity index (χ1v) is 9.24. The van der Waals surface area contributed by atoms with Gasteiger partial charge in [-0.05, 0) is 56.6 Å². The minimum Gasteiger partial charge on any atom is -0.107 e. The van der Waals surface area contributed by atoms with Gasteiger partial charge in [0.05, 0.1) is 0 Å². The highest BCUT2D eigenvalue weighted by Crippen LogP contribution is 2.28. The SMILES string of the molecule is C1=Cc2cccc3cccc(c23)C1.C1=Cc2cccc3cccc(c23)C1.I. The van der Waals surface area contributed by atoms with Crippen molar-refractivity contribution < 1.29 is 0 Å². The lowest BCUT2D eigenvalue weighted by atomic mass is 9.93. The van der Waals surface area contributed by atoms with Gasteiger partial charge >= 0.3 is 0 Å². The molecule has 0 aromatic heterocycles. The molecule has 27 heavy (non-hydrogen) atoms. The number of hydrogen-bond acceptors (Lipinski definition) is 0. The third-order valence-corrected chi connectivity index (χ3v) is 5.32. The lowest BCUT2D eigenvalue weighted by Crippen LogP contribution is -1.91. The molecule has 0 heterocycles. The van der Waals surface area contributed by atoms with E-state index < -0.39 is 0 Å². The van der Waals surface area contributed by atoms with E-state index >= 15 is 0 Å². The van der Waals surface area contributed by atoms with Gasteiger partial charge in [-0.15, -0.1) is 24.0 Å². The first kappa shape index (κ1) is 18.0. The Labute approximate surface area is 177 Å². The van der Waals surface area contributed by atoms with Crippen LogP contribution in [0.2, 0.25) is 0 Å². The molecule has 4 aromatic carbocycles. The Hall–Kier alpha value is -2.39. The van der Waals surface area contributed by atoms with E-state index in [-0.39, 0.29) is 24.0 Å². The quantitative estimate of drug-likeness (QED) is 0.239. The van der Waals surface area contributed by atoms with Crippen molar-refractivity contribution in [2.45, 2.75) is 12.8 Å². The Morgan fingerprint density at radius 1 is 0.481 bits per heavy atom. The van der Waals surface area contributed by atoms with Crippen LogP contribution in [-0.2, 0) is 12.8 Å². The molecular weight excluding hydrogens is 439 g/mol. The predicted octanol–water partition coefficient (Wildman–Crippen LogP) is 7.44. The summed E-state index contributed by atoms with van der Waals surface area (Å²) in [5.41, 5.74) is 5.63. The van der Waals surface area contributed by atoms with E-state index in [2.05, 4.69) is 97.1 Å². The minimum atomic E-state index is 0. The van der Waals surface area contributed by atoms with Crippen LogP contribution >= 0.6 is 24.0 Å². The average Bonchev–Trinajstić information content (AvgIpc) is 2.70. The van der Waals surface area contributed by atoms with Gasteiger partial charge in [0, 0.05) is 0 Å². The van der Waals surface area contributed by atoms with Crippen molar-refractivity contribution in [1.29, 1.82) is 0 Å². The zero-order valence-electron chi connectivity index (χ0n) is 15.1. The third-order valence-electron chi connectivity index (χ3n) is 5.32. The molecule has 6 rings (SSSR count). The highest BCUT2D eigenvalue weighted by Gasteiger charge is 2.07. The van der Waals surface area contributed by atoms with Crippen molar-refractivity contribution in [3.63, 3.8) is 0 Å². The molecule has 0 nitrogen and oxygen atoms in total. The molecule has 0 aliphatic heterocycles. The molecule has 0 fully saturated rings. The molecule has 0 unspecified atom stereocenters. The van der Waals surface area contributed by atoms with Crippen LogP contribution in [0.3, 0.4) is 0 Å². The van der Waals surface area contributed by atoms with Crippen LogP contribution in [0.4, 0.5) is 0 Å². The van der Waals surface area contributed by atoms with E-state index in [0.29, 0.717) is 0 Å². The summed E-state index contributed by atoms with van der Waals surface area (Å²) >= 11 is 0. The second-order valence-electron chi connectivity index (χ2n) is 6.94. The van der Waals surface area contributed by atoms with E-state index in [4.69, 9.17) is 0 Å². The Balaban J connectivity index is 0.000000129.